The van der Waals surface area contributed by atoms with Crippen LogP contribution in [0.25, 0.3) is 0 Å². The van der Waals surface area contributed by atoms with Crippen LogP contribution in [0, 0.1) is 18.8 Å². The fourth-order valence-corrected chi connectivity index (χ4v) is 3.52. The van der Waals surface area contributed by atoms with Crippen molar-refractivity contribution in [2.75, 3.05) is 5.32 Å². The maximum atomic E-state index is 12.2. The molecule has 20 heavy (non-hydrogen) atoms. The van der Waals surface area contributed by atoms with Gasteiger partial charge in [0.15, 0.2) is 0 Å². The fraction of sp³-hybridized carbons (Fsp3) is 0.500. The third-order valence-electron chi connectivity index (χ3n) is 3.94. The summed E-state index contributed by atoms with van der Waals surface area (Å²) >= 11 is 0. The Morgan fingerprint density at radius 2 is 2.05 bits per heavy atom. The van der Waals surface area contributed by atoms with Gasteiger partial charge in [-0.15, -0.1) is 0 Å². The van der Waals surface area contributed by atoms with E-state index in [0.717, 1.165) is 19.3 Å². The second-order valence-electron chi connectivity index (χ2n) is 5.42. The lowest BCUT2D eigenvalue weighted by Crippen LogP contribution is -2.24. The van der Waals surface area contributed by atoms with Gasteiger partial charge in [-0.1, -0.05) is 13.3 Å². The molecule has 0 radical (unpaired) electrons. The van der Waals surface area contributed by atoms with Gasteiger partial charge in [-0.3, -0.25) is 4.79 Å². The number of anilines is 1. The third kappa shape index (κ3) is 3.33. The highest BCUT2D eigenvalue weighted by molar-refractivity contribution is 8.13. The Balaban J connectivity index is 2.16. The molecule has 0 heterocycles. The van der Waals surface area contributed by atoms with Crippen LogP contribution in [0.3, 0.4) is 0 Å². The quantitative estimate of drug-likeness (QED) is 0.870. The molecule has 1 fully saturated rings. The molecule has 110 valence electrons. The van der Waals surface area contributed by atoms with Gasteiger partial charge in [0.25, 0.3) is 9.05 Å². The van der Waals surface area contributed by atoms with Gasteiger partial charge in [0.1, 0.15) is 0 Å². The molecule has 1 aliphatic rings. The molecule has 2 rings (SSSR count). The van der Waals surface area contributed by atoms with Crippen molar-refractivity contribution in [3.8, 4) is 0 Å². The minimum atomic E-state index is -3.74. The molecule has 1 aliphatic carbocycles. The normalized spacial score (nSPS) is 22.8. The van der Waals surface area contributed by atoms with E-state index in [1.807, 2.05) is 0 Å². The first-order chi connectivity index (χ1) is 9.29. The van der Waals surface area contributed by atoms with Gasteiger partial charge in [0.2, 0.25) is 5.91 Å². The van der Waals surface area contributed by atoms with Crippen molar-refractivity contribution < 1.29 is 13.2 Å². The topological polar surface area (TPSA) is 63.2 Å². The van der Waals surface area contributed by atoms with Crippen molar-refractivity contribution >= 4 is 31.3 Å². The summed E-state index contributed by atoms with van der Waals surface area (Å²) in [5, 5.41) is 2.88. The molecule has 0 spiro atoms. The number of carbonyl (C=O) groups is 1. The molecule has 1 N–H and O–H groups in total. The van der Waals surface area contributed by atoms with Crippen molar-refractivity contribution in [2.24, 2.45) is 11.8 Å². The Morgan fingerprint density at radius 3 is 2.55 bits per heavy atom. The van der Waals surface area contributed by atoms with Gasteiger partial charge < -0.3 is 5.32 Å². The number of carbonyl (C=O) groups excluding carboxylic acids is 1. The maximum absolute atomic E-state index is 12.2. The van der Waals surface area contributed by atoms with Crippen molar-refractivity contribution in [3.63, 3.8) is 0 Å². The van der Waals surface area contributed by atoms with Gasteiger partial charge in [-0.05, 0) is 49.4 Å². The summed E-state index contributed by atoms with van der Waals surface area (Å²) in [6, 6.07) is 4.46. The summed E-state index contributed by atoms with van der Waals surface area (Å²) in [6.07, 6.45) is 3.09. The highest BCUT2D eigenvalue weighted by Gasteiger charge is 2.29. The van der Waals surface area contributed by atoms with Crippen LogP contribution in [-0.4, -0.2) is 14.3 Å². The second-order valence-corrected chi connectivity index (χ2v) is 7.98. The van der Waals surface area contributed by atoms with Crippen LogP contribution in [0.5, 0.6) is 0 Å². The number of halogens is 1. The standard InChI is InChI=1S/C14H18ClNO3S/c1-9-4-3-5-12(9)14(17)16-13-7-6-11(8-10(13)2)20(15,18)19/h6-9,12H,3-5H2,1-2H3,(H,16,17). The monoisotopic (exact) mass is 315 g/mol. The number of amides is 1. The third-order valence-corrected chi connectivity index (χ3v) is 5.29. The molecule has 2 atom stereocenters. The molecule has 0 bridgehead atoms. The first-order valence-electron chi connectivity index (χ1n) is 6.65. The summed E-state index contributed by atoms with van der Waals surface area (Å²) < 4.78 is 22.5. The Bertz CT molecular complexity index is 627. The van der Waals surface area contributed by atoms with Gasteiger partial charge in [0.05, 0.1) is 4.90 Å². The van der Waals surface area contributed by atoms with E-state index in [1.165, 1.54) is 12.1 Å². The van der Waals surface area contributed by atoms with Crippen LogP contribution in [0.4, 0.5) is 5.69 Å². The molecule has 1 aromatic rings. The van der Waals surface area contributed by atoms with E-state index in [4.69, 9.17) is 10.7 Å². The lowest BCUT2D eigenvalue weighted by atomic mass is 9.97. The number of aryl methyl sites for hydroxylation is 1. The molecule has 0 saturated heterocycles. The van der Waals surface area contributed by atoms with E-state index in [9.17, 15) is 13.2 Å². The Kier molecular flexibility index (Phi) is 4.39. The summed E-state index contributed by atoms with van der Waals surface area (Å²) in [4.78, 5) is 12.2. The highest BCUT2D eigenvalue weighted by atomic mass is 35.7. The van der Waals surface area contributed by atoms with Crippen molar-refractivity contribution in [1.82, 2.24) is 0 Å². The zero-order valence-electron chi connectivity index (χ0n) is 11.5. The lowest BCUT2D eigenvalue weighted by Gasteiger charge is -2.16. The van der Waals surface area contributed by atoms with Gasteiger partial charge in [-0.2, -0.15) is 0 Å². The van der Waals surface area contributed by atoms with Crippen LogP contribution in [0.1, 0.15) is 31.7 Å². The molecular weight excluding hydrogens is 298 g/mol. The first kappa shape index (κ1) is 15.3. The zero-order chi connectivity index (χ0) is 14.9. The SMILES string of the molecule is Cc1cc(S(=O)(=O)Cl)ccc1NC(=O)C1CCCC1C. The molecule has 1 saturated carbocycles. The summed E-state index contributed by atoms with van der Waals surface area (Å²) in [6.45, 7) is 3.84. The molecular formula is C14H18ClNO3S. The molecule has 0 aliphatic heterocycles. The zero-order valence-corrected chi connectivity index (χ0v) is 13.1. The Morgan fingerprint density at radius 1 is 1.35 bits per heavy atom. The van der Waals surface area contributed by atoms with Crippen LogP contribution < -0.4 is 5.32 Å². The molecule has 4 nitrogen and oxygen atoms in total. The van der Waals surface area contributed by atoms with Crippen molar-refractivity contribution in [1.29, 1.82) is 0 Å². The number of benzene rings is 1. The van der Waals surface area contributed by atoms with E-state index in [-0.39, 0.29) is 16.7 Å². The fourth-order valence-electron chi connectivity index (χ4n) is 2.69. The first-order valence-corrected chi connectivity index (χ1v) is 8.96. The molecule has 6 heteroatoms. The molecule has 1 aromatic carbocycles. The number of hydrogen-bond acceptors (Lipinski definition) is 3. The van der Waals surface area contributed by atoms with Crippen LogP contribution >= 0.6 is 10.7 Å². The van der Waals surface area contributed by atoms with Crippen LogP contribution in [-0.2, 0) is 13.8 Å². The van der Waals surface area contributed by atoms with E-state index in [1.54, 1.807) is 13.0 Å². The molecule has 2 unspecified atom stereocenters. The number of hydrogen-bond donors (Lipinski definition) is 1. The van der Waals surface area contributed by atoms with E-state index >= 15 is 0 Å². The largest absolute Gasteiger partial charge is 0.326 e. The highest BCUT2D eigenvalue weighted by Crippen LogP contribution is 2.32. The number of nitrogens with one attached hydrogen (secondary N) is 1. The maximum Gasteiger partial charge on any atom is 0.261 e. The Hall–Kier alpha value is -1.07. The predicted molar refractivity (Wildman–Crippen MR) is 79.4 cm³/mol. The molecule has 0 aromatic heterocycles. The average Bonchev–Trinajstić information content (AvgIpc) is 2.76. The Labute approximate surface area is 123 Å². The summed E-state index contributed by atoms with van der Waals surface area (Å²) in [5.74, 6) is 0.461. The van der Waals surface area contributed by atoms with E-state index in [2.05, 4.69) is 12.2 Å². The summed E-state index contributed by atoms with van der Waals surface area (Å²) in [5.41, 5.74) is 1.32. The van der Waals surface area contributed by atoms with Crippen LogP contribution in [0.2, 0.25) is 0 Å². The van der Waals surface area contributed by atoms with Gasteiger partial charge in [0, 0.05) is 22.3 Å². The smallest absolute Gasteiger partial charge is 0.261 e. The van der Waals surface area contributed by atoms with E-state index < -0.39 is 9.05 Å². The minimum absolute atomic E-state index is 0.0135. The van der Waals surface area contributed by atoms with Crippen LogP contribution in [0.15, 0.2) is 23.1 Å². The average molecular weight is 316 g/mol. The van der Waals surface area contributed by atoms with E-state index in [0.29, 0.717) is 17.2 Å². The minimum Gasteiger partial charge on any atom is -0.326 e. The van der Waals surface area contributed by atoms with Crippen molar-refractivity contribution in [2.45, 2.75) is 38.0 Å². The van der Waals surface area contributed by atoms with Gasteiger partial charge in [-0.25, -0.2) is 8.42 Å². The lowest BCUT2D eigenvalue weighted by molar-refractivity contribution is -0.120. The van der Waals surface area contributed by atoms with Crippen molar-refractivity contribution in [3.05, 3.63) is 23.8 Å². The molecule has 1 amide bonds. The van der Waals surface area contributed by atoms with Gasteiger partial charge >= 0.3 is 0 Å². The number of rotatable bonds is 3. The predicted octanol–water partition coefficient (Wildman–Crippen LogP) is 3.30. The second kappa shape index (κ2) is 5.74. The summed E-state index contributed by atoms with van der Waals surface area (Å²) in [7, 11) is 1.56.